The van der Waals surface area contributed by atoms with Crippen molar-refractivity contribution in [2.24, 2.45) is 46.3 Å². The lowest BCUT2D eigenvalue weighted by Crippen LogP contribution is -2.54. The summed E-state index contributed by atoms with van der Waals surface area (Å²) in [6.07, 6.45) is 10.3. The predicted octanol–water partition coefficient (Wildman–Crippen LogP) is 5.02. The van der Waals surface area contributed by atoms with Crippen LogP contribution in [0.5, 0.6) is 0 Å². The third-order valence-electron chi connectivity index (χ3n) is 9.73. The Morgan fingerprint density at radius 1 is 1.04 bits per heavy atom. The zero-order valence-electron chi connectivity index (χ0n) is 17.1. The zero-order valence-corrected chi connectivity index (χ0v) is 17.1. The summed E-state index contributed by atoms with van der Waals surface area (Å²) in [6.45, 7) is 7.07. The molecular weight excluding hydrogens is 324 g/mol. The lowest BCUT2D eigenvalue weighted by Gasteiger charge is -2.60. The fraction of sp³-hybridized carbons (Fsp3) is 0.913. The van der Waals surface area contributed by atoms with Crippen LogP contribution >= 0.6 is 0 Å². The summed E-state index contributed by atoms with van der Waals surface area (Å²) in [5.41, 5.74) is 0.673. The highest BCUT2D eigenvalue weighted by Crippen LogP contribution is 2.68. The van der Waals surface area contributed by atoms with E-state index in [1.165, 1.54) is 45.6 Å². The van der Waals surface area contributed by atoms with E-state index in [1.54, 1.807) is 0 Å². The number of rotatable bonds is 2. The van der Waals surface area contributed by atoms with Gasteiger partial charge in [-0.1, -0.05) is 20.8 Å². The second kappa shape index (κ2) is 6.34. The minimum Gasteiger partial charge on any atom is -0.469 e. The Morgan fingerprint density at radius 2 is 1.77 bits per heavy atom. The predicted molar refractivity (Wildman–Crippen MR) is 101 cm³/mol. The van der Waals surface area contributed by atoms with Crippen LogP contribution in [0.25, 0.3) is 0 Å². The Kier molecular flexibility index (Phi) is 4.51. The normalized spacial score (nSPS) is 48.9. The largest absolute Gasteiger partial charge is 0.469 e. The fourth-order valence-corrected chi connectivity index (χ4v) is 8.26. The highest BCUT2D eigenvalue weighted by atomic mass is 16.5. The number of carbonyl (C=O) groups excluding carboxylic acids is 2. The van der Waals surface area contributed by atoms with Crippen LogP contribution in [0.15, 0.2) is 0 Å². The molecule has 4 aliphatic rings. The number of hydrogen-bond acceptors (Lipinski definition) is 3. The van der Waals surface area contributed by atoms with Crippen LogP contribution in [0.3, 0.4) is 0 Å². The molecule has 0 bridgehead atoms. The third kappa shape index (κ3) is 2.52. The minimum atomic E-state index is -0.0274. The van der Waals surface area contributed by atoms with Crippen LogP contribution in [0.1, 0.15) is 78.6 Å². The van der Waals surface area contributed by atoms with Crippen molar-refractivity contribution in [2.45, 2.75) is 78.6 Å². The van der Waals surface area contributed by atoms with Gasteiger partial charge in [-0.15, -0.1) is 0 Å². The number of ether oxygens (including phenoxy) is 1. The maximum atomic E-state index is 12.2. The SMILES string of the molecule is COC(=O)[C@@H](C)[C@@H]1CC[C@@H]2[C@H]3CC[C@H]4CC(=O)CC[C@]4(C)[C@@H]3CC[C@]21C. The average Bonchev–Trinajstić information content (AvgIpc) is 2.98. The zero-order chi connectivity index (χ0) is 18.7. The Labute approximate surface area is 158 Å². The maximum Gasteiger partial charge on any atom is 0.308 e. The van der Waals surface area contributed by atoms with Crippen molar-refractivity contribution in [3.05, 3.63) is 0 Å². The number of methoxy groups -OCH3 is 1. The van der Waals surface area contributed by atoms with Gasteiger partial charge in [0.2, 0.25) is 0 Å². The van der Waals surface area contributed by atoms with Crippen LogP contribution in [-0.4, -0.2) is 18.9 Å². The van der Waals surface area contributed by atoms with Gasteiger partial charge in [-0.05, 0) is 85.4 Å². The van der Waals surface area contributed by atoms with E-state index < -0.39 is 0 Å². The fourth-order valence-electron chi connectivity index (χ4n) is 8.26. The van der Waals surface area contributed by atoms with Crippen molar-refractivity contribution in [3.8, 4) is 0 Å². The van der Waals surface area contributed by atoms with Crippen LogP contribution in [0.2, 0.25) is 0 Å². The number of ketones is 1. The molecule has 0 N–H and O–H groups in total. The quantitative estimate of drug-likeness (QED) is 0.649. The second-order valence-corrected chi connectivity index (χ2v) is 10.4. The van der Waals surface area contributed by atoms with E-state index in [0.717, 1.165) is 37.0 Å². The van der Waals surface area contributed by atoms with Gasteiger partial charge in [-0.2, -0.15) is 0 Å². The van der Waals surface area contributed by atoms with E-state index in [-0.39, 0.29) is 11.9 Å². The van der Waals surface area contributed by atoms with Crippen molar-refractivity contribution in [2.75, 3.05) is 7.11 Å². The van der Waals surface area contributed by atoms with Crippen LogP contribution in [0, 0.1) is 46.3 Å². The van der Waals surface area contributed by atoms with Gasteiger partial charge < -0.3 is 4.74 Å². The Morgan fingerprint density at radius 3 is 2.50 bits per heavy atom. The Balaban J connectivity index is 1.58. The topological polar surface area (TPSA) is 43.4 Å². The minimum absolute atomic E-state index is 0.0192. The molecule has 0 saturated heterocycles. The molecule has 8 atom stereocenters. The summed E-state index contributed by atoms with van der Waals surface area (Å²) in [5, 5.41) is 0. The number of carbonyl (C=O) groups is 2. The monoisotopic (exact) mass is 360 g/mol. The molecule has 146 valence electrons. The molecule has 4 aliphatic carbocycles. The maximum absolute atomic E-state index is 12.2. The van der Waals surface area contributed by atoms with Crippen molar-refractivity contribution in [1.82, 2.24) is 0 Å². The van der Waals surface area contributed by atoms with Gasteiger partial charge in [0.15, 0.2) is 0 Å². The first-order chi connectivity index (χ1) is 12.3. The van der Waals surface area contributed by atoms with Gasteiger partial charge >= 0.3 is 5.97 Å². The molecule has 0 unspecified atom stereocenters. The molecule has 0 spiro atoms. The van der Waals surface area contributed by atoms with E-state index in [4.69, 9.17) is 4.74 Å². The van der Waals surface area contributed by atoms with E-state index in [9.17, 15) is 9.59 Å². The first kappa shape index (κ1) is 18.5. The first-order valence-corrected chi connectivity index (χ1v) is 10.9. The Hall–Kier alpha value is -0.860. The summed E-state index contributed by atoms with van der Waals surface area (Å²) in [6, 6.07) is 0. The van der Waals surface area contributed by atoms with Crippen molar-refractivity contribution in [1.29, 1.82) is 0 Å². The molecule has 3 nitrogen and oxygen atoms in total. The van der Waals surface area contributed by atoms with Gasteiger partial charge in [0.05, 0.1) is 13.0 Å². The molecule has 0 amide bonds. The molecule has 4 saturated carbocycles. The van der Waals surface area contributed by atoms with Gasteiger partial charge in [0.25, 0.3) is 0 Å². The summed E-state index contributed by atoms with van der Waals surface area (Å²) in [5.74, 6) is 3.94. The molecule has 4 rings (SSSR count). The number of Topliss-reactive ketones (excluding diaryl/α,β-unsaturated/α-hetero) is 1. The average molecular weight is 361 g/mol. The molecule has 0 aromatic rings. The van der Waals surface area contributed by atoms with E-state index in [1.807, 2.05) is 0 Å². The molecule has 0 aliphatic heterocycles. The number of esters is 1. The van der Waals surface area contributed by atoms with E-state index >= 15 is 0 Å². The van der Waals surface area contributed by atoms with E-state index in [0.29, 0.717) is 28.4 Å². The van der Waals surface area contributed by atoms with Gasteiger partial charge in [-0.25, -0.2) is 0 Å². The highest BCUT2D eigenvalue weighted by molar-refractivity contribution is 5.79. The Bertz CT molecular complexity index is 598. The molecule has 26 heavy (non-hydrogen) atoms. The van der Waals surface area contributed by atoms with Gasteiger partial charge in [0.1, 0.15) is 5.78 Å². The third-order valence-corrected chi connectivity index (χ3v) is 9.73. The lowest BCUT2D eigenvalue weighted by atomic mass is 9.44. The van der Waals surface area contributed by atoms with Gasteiger partial charge in [-0.3, -0.25) is 9.59 Å². The van der Waals surface area contributed by atoms with Crippen LogP contribution in [-0.2, 0) is 14.3 Å². The smallest absolute Gasteiger partial charge is 0.308 e. The van der Waals surface area contributed by atoms with Crippen LogP contribution < -0.4 is 0 Å². The van der Waals surface area contributed by atoms with E-state index in [2.05, 4.69) is 20.8 Å². The first-order valence-electron chi connectivity index (χ1n) is 10.9. The summed E-state index contributed by atoms with van der Waals surface area (Å²) >= 11 is 0. The summed E-state index contributed by atoms with van der Waals surface area (Å²) in [4.78, 5) is 24.2. The molecule has 0 aromatic heterocycles. The van der Waals surface area contributed by atoms with Crippen molar-refractivity contribution < 1.29 is 14.3 Å². The van der Waals surface area contributed by atoms with Crippen LogP contribution in [0.4, 0.5) is 0 Å². The molecular formula is C23H36O3. The summed E-state index contributed by atoms with van der Waals surface area (Å²) < 4.78 is 5.08. The summed E-state index contributed by atoms with van der Waals surface area (Å²) in [7, 11) is 1.52. The molecule has 0 aromatic carbocycles. The lowest BCUT2D eigenvalue weighted by molar-refractivity contribution is -0.152. The molecule has 0 heterocycles. The van der Waals surface area contributed by atoms with Crippen molar-refractivity contribution >= 4 is 11.8 Å². The molecule has 4 fully saturated rings. The van der Waals surface area contributed by atoms with Crippen molar-refractivity contribution in [3.63, 3.8) is 0 Å². The van der Waals surface area contributed by atoms with Gasteiger partial charge in [0, 0.05) is 12.8 Å². The molecule has 3 heteroatoms. The second-order valence-electron chi connectivity index (χ2n) is 10.4. The highest BCUT2D eigenvalue weighted by Gasteiger charge is 2.61. The molecule has 0 radical (unpaired) electrons. The number of fused-ring (bicyclic) bond motifs is 5. The number of hydrogen-bond donors (Lipinski definition) is 0. The standard InChI is InChI=1S/C23H36O3/c1-14(21(25)26-4)18-7-8-19-17-6-5-15-13-16(24)9-11-22(15,2)20(17)10-12-23(18,19)3/h14-15,17-20H,5-13H2,1-4H3/t14-,15-,17+,18-,19+,20+,22-,23-/m0/s1.